The van der Waals surface area contributed by atoms with E-state index in [1.54, 1.807) is 9.58 Å². The van der Waals surface area contributed by atoms with Crippen LogP contribution in [-0.2, 0) is 25.7 Å². The second kappa shape index (κ2) is 8.52. The van der Waals surface area contributed by atoms with Gasteiger partial charge in [0.25, 0.3) is 0 Å². The zero-order valence-electron chi connectivity index (χ0n) is 17.4. The Morgan fingerprint density at radius 2 is 1.86 bits per heavy atom. The Morgan fingerprint density at radius 3 is 2.41 bits per heavy atom. The number of fused-ring (bicyclic) bond motifs is 1. The fourth-order valence-corrected chi connectivity index (χ4v) is 4.62. The molecule has 2 saturated heterocycles. The van der Waals surface area contributed by atoms with Gasteiger partial charge in [0.05, 0.1) is 5.69 Å². The van der Waals surface area contributed by atoms with E-state index in [0.717, 1.165) is 11.4 Å². The van der Waals surface area contributed by atoms with E-state index in [2.05, 4.69) is 5.10 Å². The minimum absolute atomic E-state index is 0.0208. The van der Waals surface area contributed by atoms with Crippen molar-refractivity contribution < 1.29 is 24.2 Å². The largest absolute Gasteiger partial charge is 0.481 e. The molecule has 2 unspecified atom stereocenters. The SMILES string of the molecule is CCOCC(=O)N1CC2CN(C(=O)Cn3nc(C)cc3C)CC2(CCC(=O)O)C1. The summed E-state index contributed by atoms with van der Waals surface area (Å²) in [7, 11) is 0. The number of rotatable bonds is 8. The average molecular weight is 406 g/mol. The summed E-state index contributed by atoms with van der Waals surface area (Å²) < 4.78 is 6.94. The van der Waals surface area contributed by atoms with E-state index >= 15 is 0 Å². The van der Waals surface area contributed by atoms with Crippen molar-refractivity contribution in [3.63, 3.8) is 0 Å². The summed E-state index contributed by atoms with van der Waals surface area (Å²) >= 11 is 0. The molecule has 9 nitrogen and oxygen atoms in total. The molecule has 160 valence electrons. The van der Waals surface area contributed by atoms with Gasteiger partial charge in [0.15, 0.2) is 0 Å². The van der Waals surface area contributed by atoms with E-state index in [1.807, 2.05) is 31.7 Å². The van der Waals surface area contributed by atoms with Gasteiger partial charge >= 0.3 is 5.97 Å². The molecule has 0 bridgehead atoms. The Kier molecular flexibility index (Phi) is 6.26. The van der Waals surface area contributed by atoms with Gasteiger partial charge in [-0.25, -0.2) is 0 Å². The highest BCUT2D eigenvalue weighted by Crippen LogP contribution is 2.46. The lowest BCUT2D eigenvalue weighted by Gasteiger charge is -2.29. The maximum Gasteiger partial charge on any atom is 0.303 e. The third-order valence-corrected chi connectivity index (χ3v) is 6.12. The predicted octanol–water partition coefficient (Wildman–Crippen LogP) is 0.688. The first-order valence-electron chi connectivity index (χ1n) is 10.1. The third-order valence-electron chi connectivity index (χ3n) is 6.12. The molecule has 0 spiro atoms. The Bertz CT molecular complexity index is 792. The van der Waals surface area contributed by atoms with Crippen LogP contribution >= 0.6 is 0 Å². The molecule has 3 heterocycles. The Hall–Kier alpha value is -2.42. The van der Waals surface area contributed by atoms with E-state index < -0.39 is 5.97 Å². The molecule has 2 aliphatic rings. The van der Waals surface area contributed by atoms with Gasteiger partial charge in [0.2, 0.25) is 11.8 Å². The van der Waals surface area contributed by atoms with Crippen LogP contribution < -0.4 is 0 Å². The van der Waals surface area contributed by atoms with E-state index in [9.17, 15) is 19.5 Å². The van der Waals surface area contributed by atoms with Crippen molar-refractivity contribution in [2.24, 2.45) is 11.3 Å². The summed E-state index contributed by atoms with van der Waals surface area (Å²) in [6.07, 6.45) is 0.485. The number of carboxylic acid groups (broad SMARTS) is 1. The lowest BCUT2D eigenvalue weighted by Crippen LogP contribution is -2.41. The molecule has 2 amide bonds. The van der Waals surface area contributed by atoms with E-state index in [4.69, 9.17) is 4.74 Å². The van der Waals surface area contributed by atoms with Crippen LogP contribution in [0.4, 0.5) is 0 Å². The van der Waals surface area contributed by atoms with Crippen molar-refractivity contribution in [1.29, 1.82) is 0 Å². The first-order chi connectivity index (χ1) is 13.7. The van der Waals surface area contributed by atoms with Gasteiger partial charge in [-0.2, -0.15) is 5.10 Å². The maximum atomic E-state index is 12.9. The molecule has 1 aromatic heterocycles. The highest BCUT2D eigenvalue weighted by atomic mass is 16.5. The molecule has 0 radical (unpaired) electrons. The van der Waals surface area contributed by atoms with Crippen LogP contribution in [0.2, 0.25) is 0 Å². The highest BCUT2D eigenvalue weighted by Gasteiger charge is 2.54. The molecule has 9 heteroatoms. The smallest absolute Gasteiger partial charge is 0.303 e. The number of hydrogen-bond acceptors (Lipinski definition) is 5. The topological polar surface area (TPSA) is 105 Å². The normalized spacial score (nSPS) is 23.5. The second-order valence-corrected chi connectivity index (χ2v) is 8.22. The average Bonchev–Trinajstić information content (AvgIpc) is 3.28. The Labute approximate surface area is 170 Å². The molecule has 2 fully saturated rings. The Morgan fingerprint density at radius 1 is 1.21 bits per heavy atom. The first kappa shape index (κ1) is 21.3. The van der Waals surface area contributed by atoms with E-state index in [0.29, 0.717) is 39.2 Å². The van der Waals surface area contributed by atoms with Crippen LogP contribution in [0, 0.1) is 25.2 Å². The summed E-state index contributed by atoms with van der Waals surface area (Å²) in [6, 6.07) is 1.93. The summed E-state index contributed by atoms with van der Waals surface area (Å²) in [4.78, 5) is 40.1. The fourth-order valence-electron chi connectivity index (χ4n) is 4.62. The number of carboxylic acids is 1. The van der Waals surface area contributed by atoms with Crippen LogP contribution in [0.15, 0.2) is 6.07 Å². The summed E-state index contributed by atoms with van der Waals surface area (Å²) in [5.74, 6) is -0.870. The quantitative estimate of drug-likeness (QED) is 0.681. The molecular formula is C20H30N4O5. The summed E-state index contributed by atoms with van der Waals surface area (Å²) in [6.45, 7) is 8.36. The van der Waals surface area contributed by atoms with Crippen molar-refractivity contribution in [2.45, 2.75) is 40.2 Å². The maximum absolute atomic E-state index is 12.9. The Balaban J connectivity index is 1.69. The zero-order chi connectivity index (χ0) is 21.2. The number of amides is 2. The van der Waals surface area contributed by atoms with Crippen LogP contribution in [0.5, 0.6) is 0 Å². The standard InChI is InChI=1S/C20H30N4O5/c1-4-29-11-18(26)23-9-16-8-22(12-20(16,13-23)6-5-19(27)28)17(25)10-24-15(3)7-14(2)21-24/h7,16H,4-6,8-13H2,1-3H3,(H,27,28). The molecule has 2 aliphatic heterocycles. The van der Waals surface area contributed by atoms with Crippen molar-refractivity contribution in [2.75, 3.05) is 39.4 Å². The van der Waals surface area contributed by atoms with Gasteiger partial charge < -0.3 is 19.6 Å². The number of carbonyl (C=O) groups excluding carboxylic acids is 2. The lowest BCUT2D eigenvalue weighted by atomic mass is 9.77. The van der Waals surface area contributed by atoms with E-state index in [-0.39, 0.29) is 42.7 Å². The van der Waals surface area contributed by atoms with Crippen molar-refractivity contribution in [3.8, 4) is 0 Å². The molecule has 1 aromatic rings. The van der Waals surface area contributed by atoms with Crippen LogP contribution in [-0.4, -0.2) is 81.9 Å². The number of aryl methyl sites for hydroxylation is 2. The lowest BCUT2D eigenvalue weighted by molar-refractivity contribution is -0.137. The predicted molar refractivity (Wildman–Crippen MR) is 104 cm³/mol. The minimum atomic E-state index is -0.857. The number of ether oxygens (including phenoxy) is 1. The third kappa shape index (κ3) is 4.60. The number of aliphatic carboxylic acids is 1. The van der Waals surface area contributed by atoms with Crippen LogP contribution in [0.3, 0.4) is 0 Å². The molecule has 0 saturated carbocycles. The van der Waals surface area contributed by atoms with Gasteiger partial charge in [0.1, 0.15) is 13.2 Å². The van der Waals surface area contributed by atoms with Gasteiger partial charge in [-0.05, 0) is 33.3 Å². The number of likely N-dealkylation sites (tertiary alicyclic amines) is 2. The number of nitrogens with zero attached hydrogens (tertiary/aromatic N) is 4. The summed E-state index contributed by atoms with van der Waals surface area (Å²) in [5.41, 5.74) is 1.43. The van der Waals surface area contributed by atoms with Crippen LogP contribution in [0.25, 0.3) is 0 Å². The van der Waals surface area contributed by atoms with Crippen molar-refractivity contribution in [1.82, 2.24) is 19.6 Å². The fraction of sp³-hybridized carbons (Fsp3) is 0.700. The molecule has 0 aromatic carbocycles. The highest BCUT2D eigenvalue weighted by molar-refractivity contribution is 5.79. The first-order valence-corrected chi connectivity index (χ1v) is 10.1. The van der Waals surface area contributed by atoms with Crippen molar-refractivity contribution in [3.05, 3.63) is 17.5 Å². The number of hydrogen-bond donors (Lipinski definition) is 1. The number of aromatic nitrogens is 2. The molecule has 1 N–H and O–H groups in total. The summed E-state index contributed by atoms with van der Waals surface area (Å²) in [5, 5.41) is 13.6. The molecule has 0 aliphatic carbocycles. The van der Waals surface area contributed by atoms with Gasteiger partial charge in [-0.1, -0.05) is 0 Å². The molecule has 2 atom stereocenters. The van der Waals surface area contributed by atoms with Gasteiger partial charge in [0, 0.05) is 56.2 Å². The number of carbonyl (C=O) groups is 3. The molecule has 3 rings (SSSR count). The zero-order valence-corrected chi connectivity index (χ0v) is 17.4. The van der Waals surface area contributed by atoms with Crippen molar-refractivity contribution >= 4 is 17.8 Å². The van der Waals surface area contributed by atoms with Gasteiger partial charge in [-0.3, -0.25) is 19.1 Å². The van der Waals surface area contributed by atoms with Gasteiger partial charge in [-0.15, -0.1) is 0 Å². The van der Waals surface area contributed by atoms with E-state index in [1.165, 1.54) is 0 Å². The molecular weight excluding hydrogens is 376 g/mol. The molecule has 29 heavy (non-hydrogen) atoms. The second-order valence-electron chi connectivity index (χ2n) is 8.22. The monoisotopic (exact) mass is 406 g/mol. The van der Waals surface area contributed by atoms with Crippen LogP contribution in [0.1, 0.15) is 31.2 Å². The minimum Gasteiger partial charge on any atom is -0.481 e.